The Morgan fingerprint density at radius 2 is 1.45 bits per heavy atom. The molecule has 6 rings (SSSR count). The van der Waals surface area contributed by atoms with Gasteiger partial charge in [0.15, 0.2) is 0 Å². The van der Waals surface area contributed by atoms with E-state index in [2.05, 4.69) is 99.2 Å². The molecule has 0 aliphatic carbocycles. The van der Waals surface area contributed by atoms with Crippen molar-refractivity contribution >= 4 is 17.7 Å². The van der Waals surface area contributed by atoms with E-state index < -0.39 is 11.7 Å². The molecule has 2 fully saturated rings. The number of anilines is 1. The largest absolute Gasteiger partial charge is 0.444 e. The summed E-state index contributed by atoms with van der Waals surface area (Å²) in [6, 6.07) is 29.4. The molecule has 2 amide bonds. The Bertz CT molecular complexity index is 1750. The fourth-order valence-electron chi connectivity index (χ4n) is 8.14. The van der Waals surface area contributed by atoms with Crippen LogP contribution in [0.25, 0.3) is 0 Å². The Kier molecular flexibility index (Phi) is 11.0. The predicted octanol–water partition coefficient (Wildman–Crippen LogP) is 9.15. The minimum atomic E-state index is -0.597. The molecule has 2 aliphatic rings. The average molecular weight is 691 g/mol. The molecule has 0 spiro atoms. The van der Waals surface area contributed by atoms with Crippen LogP contribution in [0.4, 0.5) is 10.5 Å². The van der Waals surface area contributed by atoms with Crippen LogP contribution >= 0.6 is 0 Å². The van der Waals surface area contributed by atoms with Gasteiger partial charge in [0.25, 0.3) is 0 Å². The van der Waals surface area contributed by atoms with E-state index in [0.717, 1.165) is 42.9 Å². The SMILES string of the molecule is Cc1nnc(C(C)C)n1C1CC2CCC(C1)N2C(=O)CC(c1ccc(NC(=O)OC(C)(C)C)cc1)N(Cc1ccccc1)C(C)c1ccccc1. The number of piperidine rings is 1. The van der Waals surface area contributed by atoms with Crippen molar-refractivity contribution in [3.8, 4) is 0 Å². The minimum absolute atomic E-state index is 0.0254. The Morgan fingerprint density at radius 3 is 2.04 bits per heavy atom. The molecule has 1 aromatic heterocycles. The van der Waals surface area contributed by atoms with Crippen LogP contribution in [-0.4, -0.2) is 54.2 Å². The Balaban J connectivity index is 1.31. The molecule has 0 radical (unpaired) electrons. The normalized spacial score (nSPS) is 20.0. The summed E-state index contributed by atoms with van der Waals surface area (Å²) in [5.41, 5.74) is 3.46. The van der Waals surface area contributed by atoms with Crippen LogP contribution in [0.5, 0.6) is 0 Å². The van der Waals surface area contributed by atoms with Crippen molar-refractivity contribution in [2.75, 3.05) is 5.32 Å². The van der Waals surface area contributed by atoms with Crippen LogP contribution in [0, 0.1) is 6.92 Å². The molecule has 4 aromatic rings. The highest BCUT2D eigenvalue weighted by molar-refractivity contribution is 5.85. The fourth-order valence-corrected chi connectivity index (χ4v) is 8.14. The number of carbonyl (C=O) groups excluding carboxylic acids is 2. The fraction of sp³-hybridized carbons (Fsp3) is 0.476. The van der Waals surface area contributed by atoms with E-state index >= 15 is 0 Å². The van der Waals surface area contributed by atoms with Gasteiger partial charge in [-0.05, 0) is 89.1 Å². The Labute approximate surface area is 303 Å². The van der Waals surface area contributed by atoms with Gasteiger partial charge in [-0.2, -0.15) is 0 Å². The number of amides is 2. The van der Waals surface area contributed by atoms with Crippen molar-refractivity contribution in [3.63, 3.8) is 0 Å². The zero-order valence-corrected chi connectivity index (χ0v) is 31.3. The minimum Gasteiger partial charge on any atom is -0.444 e. The molecule has 1 N–H and O–H groups in total. The number of hydrogen-bond donors (Lipinski definition) is 1. The summed E-state index contributed by atoms with van der Waals surface area (Å²) >= 11 is 0. The molecule has 2 saturated heterocycles. The third-order valence-electron chi connectivity index (χ3n) is 10.5. The molecular formula is C42H54N6O3. The first-order valence-corrected chi connectivity index (χ1v) is 18.5. The number of fused-ring (bicyclic) bond motifs is 2. The maximum absolute atomic E-state index is 14.7. The van der Waals surface area contributed by atoms with E-state index in [4.69, 9.17) is 4.74 Å². The van der Waals surface area contributed by atoms with Crippen LogP contribution in [-0.2, 0) is 16.1 Å². The van der Waals surface area contributed by atoms with E-state index in [0.29, 0.717) is 24.7 Å². The van der Waals surface area contributed by atoms with Gasteiger partial charge in [-0.1, -0.05) is 86.6 Å². The molecule has 9 heteroatoms. The van der Waals surface area contributed by atoms with Crippen LogP contribution in [0.15, 0.2) is 84.9 Å². The molecule has 2 aliphatic heterocycles. The molecule has 0 saturated carbocycles. The number of nitrogens with zero attached hydrogens (tertiary/aromatic N) is 5. The first-order chi connectivity index (χ1) is 24.4. The summed E-state index contributed by atoms with van der Waals surface area (Å²) < 4.78 is 7.83. The van der Waals surface area contributed by atoms with Gasteiger partial charge < -0.3 is 14.2 Å². The van der Waals surface area contributed by atoms with Crippen molar-refractivity contribution in [1.29, 1.82) is 0 Å². The maximum atomic E-state index is 14.7. The van der Waals surface area contributed by atoms with Gasteiger partial charge in [0, 0.05) is 54.8 Å². The molecule has 51 heavy (non-hydrogen) atoms. The molecule has 4 unspecified atom stereocenters. The van der Waals surface area contributed by atoms with Crippen molar-refractivity contribution < 1.29 is 14.3 Å². The summed E-state index contributed by atoms with van der Waals surface area (Å²) in [6.45, 7) is 14.8. The lowest BCUT2D eigenvalue weighted by atomic mass is 9.93. The highest BCUT2D eigenvalue weighted by Gasteiger charge is 2.45. The van der Waals surface area contributed by atoms with E-state index in [9.17, 15) is 9.59 Å². The summed E-state index contributed by atoms with van der Waals surface area (Å²) in [4.78, 5) is 32.0. The lowest BCUT2D eigenvalue weighted by Gasteiger charge is -2.42. The molecule has 3 aromatic carbocycles. The lowest BCUT2D eigenvalue weighted by Crippen LogP contribution is -2.48. The number of aryl methyl sites for hydroxylation is 1. The average Bonchev–Trinajstić information content (AvgIpc) is 3.62. The van der Waals surface area contributed by atoms with E-state index in [1.54, 1.807) is 0 Å². The maximum Gasteiger partial charge on any atom is 0.412 e. The summed E-state index contributed by atoms with van der Waals surface area (Å²) in [5.74, 6) is 2.48. The number of aromatic nitrogens is 3. The van der Waals surface area contributed by atoms with Crippen molar-refractivity contribution in [2.24, 2.45) is 0 Å². The number of nitrogens with one attached hydrogen (secondary N) is 1. The topological polar surface area (TPSA) is 92.6 Å². The second-order valence-corrected chi connectivity index (χ2v) is 15.7. The zero-order valence-electron chi connectivity index (χ0n) is 31.3. The summed E-state index contributed by atoms with van der Waals surface area (Å²) in [5, 5.41) is 11.8. The Morgan fingerprint density at radius 1 is 0.843 bits per heavy atom. The van der Waals surface area contributed by atoms with E-state index in [-0.39, 0.29) is 36.0 Å². The molecular weight excluding hydrogens is 637 g/mol. The van der Waals surface area contributed by atoms with E-state index in [1.807, 2.05) is 64.1 Å². The van der Waals surface area contributed by atoms with Gasteiger partial charge in [0.2, 0.25) is 5.91 Å². The van der Waals surface area contributed by atoms with Crippen molar-refractivity contribution in [3.05, 3.63) is 113 Å². The Hall–Kier alpha value is -4.50. The standard InChI is InChI=1S/C42H54N6O3/c1-28(2)40-45-44-30(4)47(40)37-24-35-22-23-36(25-37)48(35)39(49)26-38(33-18-20-34(21-19-33)43-41(50)51-42(5,6)7)46(27-31-14-10-8-11-15-31)29(3)32-16-12-9-13-17-32/h8-21,28-29,35-38H,22-27H2,1-7H3,(H,43,50). The van der Waals surface area contributed by atoms with Crippen molar-refractivity contribution in [2.45, 2.75) is 129 Å². The van der Waals surface area contributed by atoms with Crippen LogP contribution in [0.1, 0.15) is 126 Å². The third kappa shape index (κ3) is 8.52. The van der Waals surface area contributed by atoms with Crippen LogP contribution in [0.2, 0.25) is 0 Å². The summed E-state index contributed by atoms with van der Waals surface area (Å²) in [7, 11) is 0. The van der Waals surface area contributed by atoms with E-state index in [1.165, 1.54) is 11.1 Å². The number of carbonyl (C=O) groups is 2. The third-order valence-corrected chi connectivity index (χ3v) is 10.5. The molecule has 270 valence electrons. The monoisotopic (exact) mass is 690 g/mol. The second kappa shape index (κ2) is 15.4. The zero-order chi connectivity index (χ0) is 36.3. The van der Waals surface area contributed by atoms with Gasteiger partial charge >= 0.3 is 6.09 Å². The number of ether oxygens (including phenoxy) is 1. The van der Waals surface area contributed by atoms with Crippen molar-refractivity contribution in [1.82, 2.24) is 24.6 Å². The molecule has 2 bridgehead atoms. The number of benzene rings is 3. The van der Waals surface area contributed by atoms with Gasteiger partial charge in [0.05, 0.1) is 0 Å². The van der Waals surface area contributed by atoms with Gasteiger partial charge in [-0.25, -0.2) is 4.79 Å². The summed E-state index contributed by atoms with van der Waals surface area (Å²) in [6.07, 6.45) is 3.74. The van der Waals surface area contributed by atoms with Gasteiger partial charge in [0.1, 0.15) is 17.2 Å². The quantitative estimate of drug-likeness (QED) is 0.169. The van der Waals surface area contributed by atoms with Gasteiger partial charge in [-0.15, -0.1) is 10.2 Å². The predicted molar refractivity (Wildman–Crippen MR) is 201 cm³/mol. The number of rotatable bonds is 11. The number of hydrogen-bond acceptors (Lipinski definition) is 6. The molecule has 9 nitrogen and oxygen atoms in total. The van der Waals surface area contributed by atoms with Gasteiger partial charge in [-0.3, -0.25) is 15.0 Å². The first-order valence-electron chi connectivity index (χ1n) is 18.5. The van der Waals surface area contributed by atoms with Crippen LogP contribution in [0.3, 0.4) is 0 Å². The lowest BCUT2D eigenvalue weighted by molar-refractivity contribution is -0.138. The van der Waals surface area contributed by atoms with Crippen LogP contribution < -0.4 is 5.32 Å². The first kappa shape index (κ1) is 36.3. The highest BCUT2D eigenvalue weighted by atomic mass is 16.6. The molecule has 4 atom stereocenters. The molecule has 3 heterocycles. The second-order valence-electron chi connectivity index (χ2n) is 15.7. The highest BCUT2D eigenvalue weighted by Crippen LogP contribution is 2.44. The smallest absolute Gasteiger partial charge is 0.412 e.